The molecular formula is C8H13. The van der Waals surface area contributed by atoms with E-state index in [0.29, 0.717) is 0 Å². The maximum absolute atomic E-state index is 2.59. The molecule has 0 atom stereocenters. The van der Waals surface area contributed by atoms with Crippen molar-refractivity contribution in [3.8, 4) is 0 Å². The summed E-state index contributed by atoms with van der Waals surface area (Å²) in [7, 11) is 0. The lowest BCUT2D eigenvalue weighted by molar-refractivity contribution is 0.350. The Morgan fingerprint density at radius 1 is 0.875 bits per heavy atom. The van der Waals surface area contributed by atoms with Crippen LogP contribution in [0.5, 0.6) is 0 Å². The average molecular weight is 109 g/mol. The van der Waals surface area contributed by atoms with Gasteiger partial charge in [-0.3, -0.25) is 0 Å². The summed E-state index contributed by atoms with van der Waals surface area (Å²) in [6, 6.07) is 0. The highest BCUT2D eigenvalue weighted by Gasteiger charge is 2.28. The Balaban J connectivity index is 1.66. The largest absolute Gasteiger partial charge is 0.0528 e. The molecule has 0 aromatic rings. The summed E-state index contributed by atoms with van der Waals surface area (Å²) >= 11 is 0. The molecule has 0 unspecified atom stereocenters. The first-order valence-corrected chi connectivity index (χ1v) is 3.80. The summed E-state index contributed by atoms with van der Waals surface area (Å²) in [5.41, 5.74) is 0. The SMILES string of the molecule is [CH](C1CCC1)C1CC1. The van der Waals surface area contributed by atoms with Crippen molar-refractivity contribution >= 4 is 0 Å². The fraction of sp³-hybridized carbons (Fsp3) is 0.875. The van der Waals surface area contributed by atoms with Gasteiger partial charge in [-0.15, -0.1) is 0 Å². The van der Waals surface area contributed by atoms with Gasteiger partial charge in [-0.2, -0.15) is 0 Å². The molecule has 0 saturated heterocycles. The first-order chi connectivity index (χ1) is 3.95. The lowest BCUT2D eigenvalue weighted by Gasteiger charge is -2.24. The first kappa shape index (κ1) is 4.84. The van der Waals surface area contributed by atoms with Crippen molar-refractivity contribution in [3.05, 3.63) is 6.42 Å². The normalized spacial score (nSPS) is 30.0. The van der Waals surface area contributed by atoms with Crippen molar-refractivity contribution in [1.82, 2.24) is 0 Å². The minimum Gasteiger partial charge on any atom is -0.0528 e. The van der Waals surface area contributed by atoms with Gasteiger partial charge in [-0.05, 0) is 31.1 Å². The molecule has 0 heteroatoms. The maximum Gasteiger partial charge on any atom is -0.0324 e. The third-order valence-corrected chi connectivity index (χ3v) is 2.32. The topological polar surface area (TPSA) is 0 Å². The van der Waals surface area contributed by atoms with Gasteiger partial charge in [0.05, 0.1) is 0 Å². The summed E-state index contributed by atoms with van der Waals surface area (Å²) in [5, 5.41) is 0. The molecule has 0 aromatic heterocycles. The first-order valence-electron chi connectivity index (χ1n) is 3.80. The smallest absolute Gasteiger partial charge is 0.0324 e. The average Bonchev–Trinajstić information content (AvgIpc) is 2.36. The molecule has 0 amide bonds. The molecule has 2 aliphatic carbocycles. The number of hydrogen-bond donors (Lipinski definition) is 0. The van der Waals surface area contributed by atoms with Gasteiger partial charge in [0.2, 0.25) is 0 Å². The zero-order valence-electron chi connectivity index (χ0n) is 5.27. The zero-order chi connectivity index (χ0) is 5.40. The zero-order valence-corrected chi connectivity index (χ0v) is 5.27. The van der Waals surface area contributed by atoms with Crippen LogP contribution < -0.4 is 0 Å². The van der Waals surface area contributed by atoms with Gasteiger partial charge in [0.15, 0.2) is 0 Å². The van der Waals surface area contributed by atoms with Crippen molar-refractivity contribution < 1.29 is 0 Å². The van der Waals surface area contributed by atoms with E-state index in [4.69, 9.17) is 0 Å². The lowest BCUT2D eigenvalue weighted by Crippen LogP contribution is -2.11. The van der Waals surface area contributed by atoms with E-state index in [1.807, 2.05) is 0 Å². The fourth-order valence-corrected chi connectivity index (χ4v) is 1.31. The van der Waals surface area contributed by atoms with Crippen molar-refractivity contribution in [2.24, 2.45) is 11.8 Å². The van der Waals surface area contributed by atoms with Crippen LogP contribution in [0.25, 0.3) is 0 Å². The highest BCUT2D eigenvalue weighted by atomic mass is 14.3. The van der Waals surface area contributed by atoms with Gasteiger partial charge in [-0.1, -0.05) is 19.3 Å². The predicted molar refractivity (Wildman–Crippen MR) is 34.4 cm³/mol. The van der Waals surface area contributed by atoms with Crippen LogP contribution >= 0.6 is 0 Å². The van der Waals surface area contributed by atoms with Gasteiger partial charge in [0.1, 0.15) is 0 Å². The minimum absolute atomic E-state index is 1.04. The lowest BCUT2D eigenvalue weighted by atomic mass is 9.82. The number of hydrogen-bond acceptors (Lipinski definition) is 0. The molecule has 0 bridgehead atoms. The second-order valence-electron chi connectivity index (χ2n) is 3.22. The molecule has 0 heterocycles. The van der Waals surface area contributed by atoms with E-state index >= 15 is 0 Å². The van der Waals surface area contributed by atoms with Gasteiger partial charge >= 0.3 is 0 Å². The Labute approximate surface area is 51.3 Å². The molecule has 0 spiro atoms. The van der Waals surface area contributed by atoms with Crippen molar-refractivity contribution in [3.63, 3.8) is 0 Å². The molecule has 0 aromatic carbocycles. The summed E-state index contributed by atoms with van der Waals surface area (Å²) in [5.74, 6) is 2.10. The second-order valence-corrected chi connectivity index (χ2v) is 3.22. The fourth-order valence-electron chi connectivity index (χ4n) is 1.31. The molecule has 2 fully saturated rings. The third-order valence-electron chi connectivity index (χ3n) is 2.32. The van der Waals surface area contributed by atoms with Crippen molar-refractivity contribution in [2.45, 2.75) is 32.1 Å². The number of rotatable bonds is 2. The second kappa shape index (κ2) is 1.75. The van der Waals surface area contributed by atoms with E-state index in [2.05, 4.69) is 6.42 Å². The van der Waals surface area contributed by atoms with Gasteiger partial charge in [0, 0.05) is 0 Å². The molecule has 45 valence electrons. The van der Waals surface area contributed by atoms with E-state index in [-0.39, 0.29) is 0 Å². The minimum atomic E-state index is 1.04. The summed E-state index contributed by atoms with van der Waals surface area (Å²) in [4.78, 5) is 0. The summed E-state index contributed by atoms with van der Waals surface area (Å²) < 4.78 is 0. The van der Waals surface area contributed by atoms with Gasteiger partial charge in [0.25, 0.3) is 0 Å². The van der Waals surface area contributed by atoms with Crippen LogP contribution in [-0.4, -0.2) is 0 Å². The molecule has 0 N–H and O–H groups in total. The third kappa shape index (κ3) is 0.888. The molecule has 0 aliphatic heterocycles. The highest BCUT2D eigenvalue weighted by Crippen LogP contribution is 2.40. The summed E-state index contributed by atoms with van der Waals surface area (Å²) in [6.07, 6.45) is 10.1. The molecule has 2 saturated carbocycles. The Hall–Kier alpha value is 0. The van der Waals surface area contributed by atoms with Crippen LogP contribution in [0.4, 0.5) is 0 Å². The van der Waals surface area contributed by atoms with Crippen LogP contribution in [0.2, 0.25) is 0 Å². The van der Waals surface area contributed by atoms with Crippen LogP contribution in [0.1, 0.15) is 32.1 Å². The Morgan fingerprint density at radius 2 is 1.50 bits per heavy atom. The van der Waals surface area contributed by atoms with E-state index in [0.717, 1.165) is 11.8 Å². The van der Waals surface area contributed by atoms with Crippen LogP contribution in [0.3, 0.4) is 0 Å². The molecule has 1 radical (unpaired) electrons. The van der Waals surface area contributed by atoms with Gasteiger partial charge < -0.3 is 0 Å². The molecule has 2 rings (SSSR count). The van der Waals surface area contributed by atoms with Gasteiger partial charge in [-0.25, -0.2) is 0 Å². The van der Waals surface area contributed by atoms with E-state index in [9.17, 15) is 0 Å². The molecule has 8 heavy (non-hydrogen) atoms. The quantitative estimate of drug-likeness (QED) is 0.510. The van der Waals surface area contributed by atoms with E-state index < -0.39 is 0 Å². The highest BCUT2D eigenvalue weighted by molar-refractivity contribution is 4.94. The summed E-state index contributed by atoms with van der Waals surface area (Å²) in [6.45, 7) is 0. The van der Waals surface area contributed by atoms with E-state index in [1.54, 1.807) is 0 Å². The monoisotopic (exact) mass is 109 g/mol. The van der Waals surface area contributed by atoms with E-state index in [1.165, 1.54) is 32.1 Å². The Kier molecular flexibility index (Phi) is 1.06. The van der Waals surface area contributed by atoms with Crippen LogP contribution in [-0.2, 0) is 0 Å². The maximum atomic E-state index is 2.59. The van der Waals surface area contributed by atoms with Crippen molar-refractivity contribution in [1.29, 1.82) is 0 Å². The van der Waals surface area contributed by atoms with Crippen LogP contribution in [0.15, 0.2) is 0 Å². The Bertz CT molecular complexity index is 78.0. The predicted octanol–water partition coefficient (Wildman–Crippen LogP) is 2.40. The Morgan fingerprint density at radius 3 is 1.88 bits per heavy atom. The molecule has 2 aliphatic rings. The standard InChI is InChI=1S/C8H13/c1-2-7(3-1)6-8-4-5-8/h6-8H,1-5H2. The molecular weight excluding hydrogens is 96.1 g/mol. The van der Waals surface area contributed by atoms with Crippen molar-refractivity contribution in [2.75, 3.05) is 0 Å². The van der Waals surface area contributed by atoms with Crippen LogP contribution in [0, 0.1) is 18.3 Å². The molecule has 0 nitrogen and oxygen atoms in total.